The predicted octanol–water partition coefficient (Wildman–Crippen LogP) is 12.6. The molecule has 0 aliphatic heterocycles. The Bertz CT molecular complexity index is 2550. The minimum Gasteiger partial charge on any atom is -0.309 e. The van der Waals surface area contributed by atoms with Crippen LogP contribution in [0.15, 0.2) is 164 Å². The molecule has 0 spiro atoms. The molecule has 2 aromatic heterocycles. The van der Waals surface area contributed by atoms with Crippen LogP contribution in [0.2, 0.25) is 0 Å². The molecule has 9 aromatic rings. The molecule has 2 nitrogen and oxygen atoms in total. The number of aryl methyl sites for hydroxylation is 1. The number of nitrogens with zero attached hydrogens (tertiary/aromatic N) is 2. The summed E-state index contributed by atoms with van der Waals surface area (Å²) >= 11 is 0. The Hall–Kier alpha value is -5.86. The van der Waals surface area contributed by atoms with Crippen LogP contribution in [0.3, 0.4) is 0 Å². The van der Waals surface area contributed by atoms with Gasteiger partial charge in [-0.05, 0) is 83.1 Å². The third-order valence-corrected chi connectivity index (χ3v) is 9.93. The second kappa shape index (κ2) is 11.7. The fraction of sp³-hybridized carbons (Fsp3) is 0.0870. The normalized spacial score (nSPS) is 11.7. The van der Waals surface area contributed by atoms with Gasteiger partial charge in [0, 0.05) is 32.9 Å². The van der Waals surface area contributed by atoms with E-state index in [9.17, 15) is 0 Å². The van der Waals surface area contributed by atoms with E-state index in [1.807, 2.05) is 0 Å². The first-order valence-electron chi connectivity index (χ1n) is 17.1. The summed E-state index contributed by atoms with van der Waals surface area (Å²) in [5, 5.41) is 5.07. The van der Waals surface area contributed by atoms with E-state index < -0.39 is 0 Å². The number of unbranched alkanes of at least 4 members (excludes halogenated alkanes) is 1. The SMILES string of the molecule is CCCCc1ccc(-c2ccc(-n3c4ccccc4c4ccc5c(c6ccccc6n5-c5ccc(-c6ccccc6)cc5)c43)cc2)cc1. The summed E-state index contributed by atoms with van der Waals surface area (Å²) < 4.78 is 4.90. The molecule has 0 bridgehead atoms. The van der Waals surface area contributed by atoms with Gasteiger partial charge in [0.2, 0.25) is 0 Å². The molecule has 2 heteroatoms. The highest BCUT2D eigenvalue weighted by molar-refractivity contribution is 6.26. The van der Waals surface area contributed by atoms with Gasteiger partial charge in [-0.2, -0.15) is 0 Å². The molecule has 0 aliphatic rings. The third-order valence-electron chi connectivity index (χ3n) is 9.93. The average Bonchev–Trinajstić information content (AvgIpc) is 3.68. The molecule has 230 valence electrons. The number of para-hydroxylation sites is 2. The number of aromatic nitrogens is 2. The summed E-state index contributed by atoms with van der Waals surface area (Å²) in [4.78, 5) is 0. The highest BCUT2D eigenvalue weighted by Gasteiger charge is 2.20. The first-order chi connectivity index (χ1) is 23.8. The number of hydrogen-bond donors (Lipinski definition) is 0. The first kappa shape index (κ1) is 28.4. The molecule has 7 aromatic carbocycles. The van der Waals surface area contributed by atoms with Crippen molar-refractivity contribution >= 4 is 43.6 Å². The van der Waals surface area contributed by atoms with Crippen molar-refractivity contribution in [1.82, 2.24) is 9.13 Å². The topological polar surface area (TPSA) is 9.86 Å². The van der Waals surface area contributed by atoms with Gasteiger partial charge in [0.05, 0.1) is 22.1 Å². The van der Waals surface area contributed by atoms with Crippen LogP contribution in [-0.4, -0.2) is 9.13 Å². The average molecular weight is 617 g/mol. The Labute approximate surface area is 281 Å². The van der Waals surface area contributed by atoms with E-state index in [0.29, 0.717) is 0 Å². The number of hydrogen-bond acceptors (Lipinski definition) is 0. The van der Waals surface area contributed by atoms with E-state index in [1.54, 1.807) is 0 Å². The van der Waals surface area contributed by atoms with Crippen LogP contribution < -0.4 is 0 Å². The summed E-state index contributed by atoms with van der Waals surface area (Å²) in [5.41, 5.74) is 13.6. The molecule has 0 radical (unpaired) electrons. The molecule has 0 amide bonds. The van der Waals surface area contributed by atoms with Gasteiger partial charge in [-0.3, -0.25) is 0 Å². The molecule has 0 unspecified atom stereocenters. The van der Waals surface area contributed by atoms with Gasteiger partial charge in [0.25, 0.3) is 0 Å². The van der Waals surface area contributed by atoms with Gasteiger partial charge in [0.15, 0.2) is 0 Å². The Morgan fingerprint density at radius 3 is 1.56 bits per heavy atom. The maximum atomic E-state index is 2.47. The van der Waals surface area contributed by atoms with Crippen molar-refractivity contribution in [1.29, 1.82) is 0 Å². The predicted molar refractivity (Wildman–Crippen MR) is 205 cm³/mol. The maximum absolute atomic E-state index is 2.47. The maximum Gasteiger partial charge on any atom is 0.0641 e. The van der Waals surface area contributed by atoms with Gasteiger partial charge in [0.1, 0.15) is 0 Å². The van der Waals surface area contributed by atoms with Gasteiger partial charge in [-0.15, -0.1) is 0 Å². The molecular weight excluding hydrogens is 581 g/mol. The van der Waals surface area contributed by atoms with Crippen molar-refractivity contribution in [3.63, 3.8) is 0 Å². The lowest BCUT2D eigenvalue weighted by Gasteiger charge is -2.12. The van der Waals surface area contributed by atoms with Crippen LogP contribution in [0, 0.1) is 0 Å². The molecule has 48 heavy (non-hydrogen) atoms. The van der Waals surface area contributed by atoms with E-state index in [2.05, 4.69) is 180 Å². The second-order valence-electron chi connectivity index (χ2n) is 12.8. The van der Waals surface area contributed by atoms with Crippen molar-refractivity contribution in [2.24, 2.45) is 0 Å². The number of benzene rings is 7. The van der Waals surface area contributed by atoms with Gasteiger partial charge in [-0.25, -0.2) is 0 Å². The van der Waals surface area contributed by atoms with Gasteiger partial charge >= 0.3 is 0 Å². The van der Waals surface area contributed by atoms with Crippen LogP contribution in [0.4, 0.5) is 0 Å². The van der Waals surface area contributed by atoms with Crippen LogP contribution in [0.25, 0.3) is 77.2 Å². The lowest BCUT2D eigenvalue weighted by atomic mass is 10.0. The molecule has 0 atom stereocenters. The smallest absolute Gasteiger partial charge is 0.0641 e. The summed E-state index contributed by atoms with van der Waals surface area (Å²) in [6.07, 6.45) is 3.60. The minimum atomic E-state index is 1.15. The van der Waals surface area contributed by atoms with Crippen molar-refractivity contribution in [2.75, 3.05) is 0 Å². The lowest BCUT2D eigenvalue weighted by molar-refractivity contribution is 0.795. The second-order valence-corrected chi connectivity index (χ2v) is 12.8. The van der Waals surface area contributed by atoms with E-state index in [4.69, 9.17) is 0 Å². The van der Waals surface area contributed by atoms with E-state index in [0.717, 1.165) is 12.1 Å². The fourth-order valence-corrected chi connectivity index (χ4v) is 7.54. The quantitative estimate of drug-likeness (QED) is 0.169. The van der Waals surface area contributed by atoms with Crippen molar-refractivity contribution in [3.05, 3.63) is 169 Å². The lowest BCUT2D eigenvalue weighted by Crippen LogP contribution is -1.95. The van der Waals surface area contributed by atoms with Gasteiger partial charge in [-0.1, -0.05) is 135 Å². The van der Waals surface area contributed by atoms with Crippen molar-refractivity contribution in [2.45, 2.75) is 26.2 Å². The van der Waals surface area contributed by atoms with Gasteiger partial charge < -0.3 is 9.13 Å². The number of rotatable bonds is 7. The largest absolute Gasteiger partial charge is 0.309 e. The molecule has 0 N–H and O–H groups in total. The Balaban J connectivity index is 1.23. The minimum absolute atomic E-state index is 1.15. The van der Waals surface area contributed by atoms with Crippen LogP contribution in [-0.2, 0) is 6.42 Å². The van der Waals surface area contributed by atoms with Crippen LogP contribution >= 0.6 is 0 Å². The van der Waals surface area contributed by atoms with E-state index in [-0.39, 0.29) is 0 Å². The zero-order valence-corrected chi connectivity index (χ0v) is 27.1. The van der Waals surface area contributed by atoms with Crippen molar-refractivity contribution < 1.29 is 0 Å². The van der Waals surface area contributed by atoms with E-state index in [1.165, 1.54) is 90.0 Å². The Morgan fingerprint density at radius 1 is 0.396 bits per heavy atom. The Morgan fingerprint density at radius 2 is 0.917 bits per heavy atom. The molecule has 0 saturated heterocycles. The first-order valence-corrected chi connectivity index (χ1v) is 17.1. The molecule has 0 aliphatic carbocycles. The monoisotopic (exact) mass is 616 g/mol. The molecule has 2 heterocycles. The highest BCUT2D eigenvalue weighted by Crippen LogP contribution is 2.42. The standard InChI is InChI=1S/C46H36N2/c1-2-3-11-32-18-20-34(21-19-32)36-24-28-38(29-25-36)48-42-16-9-7-14-39(42)40-30-31-44-45(46(40)48)41-15-8-10-17-43(41)47(44)37-26-22-35(23-27-37)33-12-5-4-6-13-33/h4-10,12-31H,2-3,11H2,1H3. The number of fused-ring (bicyclic) bond motifs is 7. The zero-order valence-electron chi connectivity index (χ0n) is 27.1. The zero-order chi connectivity index (χ0) is 32.0. The Kier molecular flexibility index (Phi) is 6.94. The molecule has 0 saturated carbocycles. The molecule has 0 fully saturated rings. The van der Waals surface area contributed by atoms with Crippen LogP contribution in [0.5, 0.6) is 0 Å². The summed E-state index contributed by atoms with van der Waals surface area (Å²) in [5.74, 6) is 0. The van der Waals surface area contributed by atoms with E-state index >= 15 is 0 Å². The van der Waals surface area contributed by atoms with Crippen LogP contribution in [0.1, 0.15) is 25.3 Å². The molecular formula is C46H36N2. The summed E-state index contributed by atoms with van der Waals surface area (Å²) in [6, 6.07) is 60.1. The third kappa shape index (κ3) is 4.64. The fourth-order valence-electron chi connectivity index (χ4n) is 7.54. The summed E-state index contributed by atoms with van der Waals surface area (Å²) in [7, 11) is 0. The summed E-state index contributed by atoms with van der Waals surface area (Å²) in [6.45, 7) is 2.25. The van der Waals surface area contributed by atoms with Crippen molar-refractivity contribution in [3.8, 4) is 33.6 Å². The molecule has 9 rings (SSSR count). The highest BCUT2D eigenvalue weighted by atomic mass is 15.0.